The van der Waals surface area contributed by atoms with Crippen molar-refractivity contribution in [2.75, 3.05) is 45.9 Å². The Morgan fingerprint density at radius 3 is 1.77 bits per heavy atom. The number of ether oxygens (including phenoxy) is 1. The summed E-state index contributed by atoms with van der Waals surface area (Å²) in [6.45, 7) is 14.9. The number of primary amides is 3. The highest BCUT2D eigenvalue weighted by Crippen LogP contribution is 2.47. The SMILES string of the molecule is CC(=O)NCCCC[C@@H]1NC(=O)[C@H](Cc2c[nH]c3c(C)cccc23)NC(=O)[C@H]([C@@H](C)O)NC(=O)[C@H](CC(N)=O)NC(=O)[C@@H](NC(C)=O)C(C)(C)SSC(C)(C)[C@@H](C(=O)N[C@@H](Cc2ccc(OCCN)cc2)C(=O)N[C@@H](Cc2ccc3ccccc3c2)C(=O)N[C@@](C)(CCCCN)C(=O)N[C@@H](CCCCNC(C)=O)C(=O)N[C@@H](CC(N)=O)C(=O)N[C@H](CN)CCCNC(N)=O)NC1=O. The molecular weight excluding hydrogens is 1750 g/mol. The number of hydrogen-bond donors (Lipinski definition) is 23. The summed E-state index contributed by atoms with van der Waals surface area (Å²) in [6, 6.07) is 5.62. The lowest BCUT2D eigenvalue weighted by Gasteiger charge is -2.39. The first-order valence-electron chi connectivity index (χ1n) is 44.0. The van der Waals surface area contributed by atoms with Gasteiger partial charge in [-0.2, -0.15) is 0 Å². The van der Waals surface area contributed by atoms with Crippen molar-refractivity contribution < 1.29 is 91.4 Å². The maximum absolute atomic E-state index is 16.4. The lowest BCUT2D eigenvalue weighted by Crippen LogP contribution is -2.65. The smallest absolute Gasteiger partial charge is 0.312 e. The maximum Gasteiger partial charge on any atom is 0.312 e. The van der Waals surface area contributed by atoms with Crippen LogP contribution in [0.1, 0.15) is 168 Å². The van der Waals surface area contributed by atoms with Crippen molar-refractivity contribution in [1.29, 1.82) is 0 Å². The largest absolute Gasteiger partial charge is 0.492 e. The van der Waals surface area contributed by atoms with Gasteiger partial charge in [-0.25, -0.2) is 4.79 Å². The number of hydrogen-bond acceptors (Lipinski definition) is 24. The number of fused-ring (bicyclic) bond motifs is 2. The molecule has 6 rings (SSSR count). The minimum absolute atomic E-state index is 0.108. The average Bonchev–Trinajstić information content (AvgIpc) is 1.76. The number of nitrogens with one attached hydrogen (secondary N) is 16. The molecule has 0 spiro atoms. The van der Waals surface area contributed by atoms with E-state index in [1.165, 1.54) is 48.5 Å². The Bertz CT molecular complexity index is 4860. The van der Waals surface area contributed by atoms with E-state index in [0.717, 1.165) is 51.8 Å². The van der Waals surface area contributed by atoms with Gasteiger partial charge in [0, 0.05) is 105 Å². The monoisotopic (exact) mass is 1880 g/mol. The molecule has 0 bridgehead atoms. The molecule has 132 heavy (non-hydrogen) atoms. The van der Waals surface area contributed by atoms with Crippen molar-refractivity contribution in [1.82, 2.24) is 84.7 Å². The highest BCUT2D eigenvalue weighted by Gasteiger charge is 2.47. The number of aliphatic hydroxyl groups excluding tert-OH is 1. The van der Waals surface area contributed by atoms with Gasteiger partial charge >= 0.3 is 6.03 Å². The first-order valence-corrected chi connectivity index (χ1v) is 46.2. The van der Waals surface area contributed by atoms with Crippen LogP contribution in [-0.2, 0) is 96.0 Å². The third kappa shape index (κ3) is 35.2. The molecule has 1 aromatic heterocycles. The van der Waals surface area contributed by atoms with Crippen LogP contribution in [0, 0.1) is 6.92 Å². The Balaban J connectivity index is 1.53. The summed E-state index contributed by atoms with van der Waals surface area (Å²) in [4.78, 5) is 246. The van der Waals surface area contributed by atoms with E-state index in [2.05, 4.69) is 84.7 Å². The van der Waals surface area contributed by atoms with Gasteiger partial charge in [0.25, 0.3) is 0 Å². The first kappa shape index (κ1) is 109. The van der Waals surface area contributed by atoms with Crippen LogP contribution in [0.2, 0.25) is 0 Å². The zero-order valence-corrected chi connectivity index (χ0v) is 78.1. The molecular formula is C89H132N22O19S2. The van der Waals surface area contributed by atoms with E-state index in [1.54, 1.807) is 66.9 Å². The molecule has 29 N–H and O–H groups in total. The molecule has 0 unspecified atom stereocenters. The van der Waals surface area contributed by atoms with Crippen molar-refractivity contribution >= 4 is 144 Å². The highest BCUT2D eigenvalue weighted by atomic mass is 33.1. The van der Waals surface area contributed by atoms with Crippen LogP contribution in [0.3, 0.4) is 0 Å². The normalized spacial score (nSPS) is 19.1. The van der Waals surface area contributed by atoms with Gasteiger partial charge in [-0.3, -0.25) is 76.7 Å². The topological polar surface area (TPSA) is 672 Å². The molecule has 41 nitrogen and oxygen atoms in total. The zero-order chi connectivity index (χ0) is 97.7. The Kier molecular flexibility index (Phi) is 43.4. The number of para-hydroxylation sites is 1. The van der Waals surface area contributed by atoms with Crippen LogP contribution in [0.5, 0.6) is 5.75 Å². The predicted molar refractivity (Wildman–Crippen MR) is 499 cm³/mol. The predicted octanol–water partition coefficient (Wildman–Crippen LogP) is -1.54. The number of benzene rings is 4. The Morgan fingerprint density at radius 1 is 0.553 bits per heavy atom. The van der Waals surface area contributed by atoms with Gasteiger partial charge in [0.2, 0.25) is 94.5 Å². The van der Waals surface area contributed by atoms with Crippen molar-refractivity contribution in [3.8, 4) is 5.75 Å². The number of aliphatic hydroxyl groups is 1. The molecule has 1 aliphatic rings. The molecule has 0 radical (unpaired) electrons. The molecule has 5 aromatic rings. The first-order chi connectivity index (χ1) is 62.4. The molecule has 2 heterocycles. The number of amides is 18. The zero-order valence-electron chi connectivity index (χ0n) is 76.4. The van der Waals surface area contributed by atoms with Gasteiger partial charge in [-0.05, 0) is 171 Å². The minimum atomic E-state index is -2.02. The Hall–Kier alpha value is -12.2. The molecule has 724 valence electrons. The number of aryl methyl sites for hydroxylation is 1. The number of aromatic nitrogens is 1. The van der Waals surface area contributed by atoms with Crippen LogP contribution < -0.4 is 119 Å². The molecule has 18 amide bonds. The van der Waals surface area contributed by atoms with Crippen molar-refractivity contribution in [2.45, 2.75) is 260 Å². The number of H-pyrrole nitrogens is 1. The number of rotatable bonds is 46. The van der Waals surface area contributed by atoms with Gasteiger partial charge in [0.1, 0.15) is 78.3 Å². The van der Waals surface area contributed by atoms with Gasteiger partial charge < -0.3 is 129 Å². The second-order valence-electron chi connectivity index (χ2n) is 34.2. The molecule has 1 aliphatic heterocycles. The summed E-state index contributed by atoms with van der Waals surface area (Å²) < 4.78 is 2.58. The molecule has 43 heteroatoms. The van der Waals surface area contributed by atoms with E-state index in [4.69, 9.17) is 39.1 Å². The number of nitrogens with two attached hydrogens (primary N) is 6. The van der Waals surface area contributed by atoms with Crippen LogP contribution >= 0.6 is 21.6 Å². The quantitative estimate of drug-likeness (QED) is 0.0155. The van der Waals surface area contributed by atoms with Crippen molar-refractivity contribution in [2.24, 2.45) is 34.4 Å². The van der Waals surface area contributed by atoms with E-state index in [9.17, 15) is 57.8 Å². The second kappa shape index (κ2) is 52.7. The number of urea groups is 1. The number of aromatic amines is 1. The molecule has 4 aromatic carbocycles. The van der Waals surface area contributed by atoms with Crippen LogP contribution in [-0.4, -0.2) is 244 Å². The lowest BCUT2D eigenvalue weighted by molar-refractivity contribution is -0.138. The van der Waals surface area contributed by atoms with E-state index < -0.39 is 189 Å². The average molecular weight is 1880 g/mol. The number of carbonyl (C=O) groups excluding carboxylic acids is 17. The lowest BCUT2D eigenvalue weighted by atomic mass is 9.91. The standard InChI is InChI=1S/C89H132N22O19S2/c1-49-21-19-25-61-58(48-99-71(49)61)44-66-79(122)102-62(26-13-17-37-96-51(3)113)76(119)110-74(88(8,9)132-131-87(6,7)73(100-53(5)115)83(126)107-68(46-70(94)117)80(123)109-72(50(2)112)82(125)105-66)84(127)106-64(42-54-29-32-60(33-30-54)130-40-36-91)78(121)103-65(43-55-28-31-56-22-11-12-23-57(56)41-55)81(124)111-89(10,34-15-16-35-90)85(128)108-63(27-14-18-38-97-52(4)114)75(118)104-67(45-69(93)116)77(120)101-59(47-92)24-20-39-98-86(95)129/h11-12,19,21-23,25,28-33,41,48,50,59,62-68,72-74,99,112H,13-18,20,24,26-27,34-40,42-47,90-92H2,1-10H3,(H2,93,116)(H2,94,117)(H,96,113)(H,97,114)(H,100,115)(H,101,120)(H,102,122)(H,103,121)(H,104,118)(H,105,125)(H,106,127)(H,107,126)(H,108,128)(H,109,123)(H,110,119)(H,111,124)(H3,95,98,129)/t50-,59+,62+,63+,64+,65+,66+,67+,68+,72+,73-,74-,89+/m1/s1. The van der Waals surface area contributed by atoms with E-state index >= 15 is 28.8 Å². The van der Waals surface area contributed by atoms with Crippen molar-refractivity contribution in [3.05, 3.63) is 113 Å². The molecule has 0 saturated carbocycles. The number of unbranched alkanes of at least 4 members (excludes halogenated alkanes) is 3. The second-order valence-corrected chi connectivity index (χ2v) is 37.6. The minimum Gasteiger partial charge on any atom is -0.492 e. The molecule has 0 aliphatic carbocycles. The van der Waals surface area contributed by atoms with Crippen LogP contribution in [0.25, 0.3) is 21.7 Å². The molecule has 13 atom stereocenters. The summed E-state index contributed by atoms with van der Waals surface area (Å²) in [6.07, 6.45) is -1.50. The van der Waals surface area contributed by atoms with Crippen LogP contribution in [0.15, 0.2) is 91.1 Å². The third-order valence-electron chi connectivity index (χ3n) is 22.0. The van der Waals surface area contributed by atoms with Gasteiger partial charge in [-0.1, -0.05) is 94.4 Å². The Morgan fingerprint density at radius 2 is 1.14 bits per heavy atom. The summed E-state index contributed by atoms with van der Waals surface area (Å²) in [5.41, 5.74) is 35.2. The van der Waals surface area contributed by atoms with Gasteiger partial charge in [0.15, 0.2) is 0 Å². The van der Waals surface area contributed by atoms with E-state index in [1.807, 2.05) is 31.2 Å². The fraction of sp³-hybridized carbons (Fsp3) is 0.539. The Labute approximate surface area is 774 Å². The summed E-state index contributed by atoms with van der Waals surface area (Å²) in [7, 11) is 1.82. The fourth-order valence-electron chi connectivity index (χ4n) is 14.7. The van der Waals surface area contributed by atoms with E-state index in [0.29, 0.717) is 46.2 Å². The summed E-state index contributed by atoms with van der Waals surface area (Å²) in [5, 5.41) is 53.7. The maximum atomic E-state index is 16.4. The summed E-state index contributed by atoms with van der Waals surface area (Å²) >= 11 is 0. The summed E-state index contributed by atoms with van der Waals surface area (Å²) in [5.74, 6) is -14.5. The van der Waals surface area contributed by atoms with E-state index in [-0.39, 0.29) is 135 Å². The number of carbonyl (C=O) groups is 17. The molecule has 1 fully saturated rings. The third-order valence-corrected chi connectivity index (χ3v) is 26.3. The fourth-order valence-corrected chi connectivity index (χ4v) is 17.5. The highest BCUT2D eigenvalue weighted by molar-refractivity contribution is 8.77. The van der Waals surface area contributed by atoms with Gasteiger partial charge in [0.05, 0.1) is 18.9 Å². The molecule has 1 saturated heterocycles. The van der Waals surface area contributed by atoms with Crippen LogP contribution in [0.4, 0.5) is 4.79 Å². The van der Waals surface area contributed by atoms with Crippen molar-refractivity contribution in [3.63, 3.8) is 0 Å². The van der Waals surface area contributed by atoms with Gasteiger partial charge in [-0.15, -0.1) is 0 Å².